The summed E-state index contributed by atoms with van der Waals surface area (Å²) in [5, 5.41) is 0. The monoisotopic (exact) mass is 294 g/mol. The zero-order chi connectivity index (χ0) is 12.3. The van der Waals surface area contributed by atoms with Gasteiger partial charge in [-0.15, -0.1) is 0 Å². The van der Waals surface area contributed by atoms with E-state index in [0.717, 1.165) is 6.20 Å². The second kappa shape index (κ2) is 5.20. The zero-order valence-electron chi connectivity index (χ0n) is 8.34. The highest BCUT2D eigenvalue weighted by atomic mass is 79.9. The van der Waals surface area contributed by atoms with Gasteiger partial charge in [-0.05, 0) is 22.9 Å². The first-order chi connectivity index (χ1) is 7.49. The molecule has 0 unspecified atom stereocenters. The van der Waals surface area contributed by atoms with E-state index < -0.39 is 18.0 Å². The van der Waals surface area contributed by atoms with E-state index >= 15 is 0 Å². The van der Waals surface area contributed by atoms with E-state index in [1.165, 1.54) is 0 Å². The van der Waals surface area contributed by atoms with Gasteiger partial charge in [0.25, 0.3) is 6.43 Å². The van der Waals surface area contributed by atoms with Crippen molar-refractivity contribution < 1.29 is 18.3 Å². The standard InChI is InChI=1S/C9H9BrF2N2O2/c1-2-16-9(15)5-4(7(11)12)3-14-8(13)6(5)10/h3,7H,2H2,1H3,(H2,13,14). The molecular weight excluding hydrogens is 286 g/mol. The number of ether oxygens (including phenoxy) is 1. The number of hydrogen-bond donors (Lipinski definition) is 1. The maximum Gasteiger partial charge on any atom is 0.339 e. The van der Waals surface area contributed by atoms with Gasteiger partial charge in [-0.25, -0.2) is 18.6 Å². The molecule has 2 N–H and O–H groups in total. The Morgan fingerprint density at radius 3 is 2.81 bits per heavy atom. The molecular formula is C9H9BrF2N2O2. The molecule has 1 aromatic heterocycles. The van der Waals surface area contributed by atoms with Crippen molar-refractivity contribution in [3.63, 3.8) is 0 Å². The predicted octanol–water partition coefficient (Wildman–Crippen LogP) is 2.54. The smallest absolute Gasteiger partial charge is 0.339 e. The number of halogens is 3. The molecule has 7 heteroatoms. The number of nitrogens with zero attached hydrogens (tertiary/aromatic N) is 1. The van der Waals surface area contributed by atoms with Crippen molar-refractivity contribution in [3.8, 4) is 0 Å². The molecule has 0 amide bonds. The average Bonchev–Trinajstić information content (AvgIpc) is 2.21. The lowest BCUT2D eigenvalue weighted by molar-refractivity contribution is 0.0514. The van der Waals surface area contributed by atoms with E-state index in [9.17, 15) is 13.6 Å². The maximum absolute atomic E-state index is 12.6. The fraction of sp³-hybridized carbons (Fsp3) is 0.333. The van der Waals surface area contributed by atoms with Crippen molar-refractivity contribution in [1.29, 1.82) is 0 Å². The second-order valence-corrected chi connectivity index (χ2v) is 3.60. The van der Waals surface area contributed by atoms with Crippen LogP contribution in [0.3, 0.4) is 0 Å². The second-order valence-electron chi connectivity index (χ2n) is 2.81. The highest BCUT2D eigenvalue weighted by Gasteiger charge is 2.24. The highest BCUT2D eigenvalue weighted by molar-refractivity contribution is 9.10. The Bertz CT molecular complexity index is 413. The largest absolute Gasteiger partial charge is 0.462 e. The number of esters is 1. The minimum atomic E-state index is -2.82. The van der Waals surface area contributed by atoms with E-state index in [-0.39, 0.29) is 22.5 Å². The molecule has 0 fully saturated rings. The van der Waals surface area contributed by atoms with Crippen LogP contribution in [0.25, 0.3) is 0 Å². The molecule has 0 radical (unpaired) electrons. The normalized spacial score (nSPS) is 10.6. The first-order valence-electron chi connectivity index (χ1n) is 4.38. The van der Waals surface area contributed by atoms with Crippen molar-refractivity contribution in [2.75, 3.05) is 12.3 Å². The topological polar surface area (TPSA) is 65.2 Å². The van der Waals surface area contributed by atoms with Crippen molar-refractivity contribution >= 4 is 27.7 Å². The van der Waals surface area contributed by atoms with Crippen LogP contribution >= 0.6 is 15.9 Å². The van der Waals surface area contributed by atoms with Crippen LogP contribution in [-0.2, 0) is 4.74 Å². The van der Waals surface area contributed by atoms with Gasteiger partial charge in [-0.2, -0.15) is 0 Å². The Morgan fingerprint density at radius 2 is 2.31 bits per heavy atom. The minimum absolute atomic E-state index is 0.0313. The molecule has 0 aliphatic rings. The van der Waals surface area contributed by atoms with Gasteiger partial charge in [0.05, 0.1) is 22.2 Å². The number of alkyl halides is 2. The molecule has 1 aromatic rings. The molecule has 16 heavy (non-hydrogen) atoms. The first kappa shape index (κ1) is 12.8. The van der Waals surface area contributed by atoms with Crippen LogP contribution < -0.4 is 5.73 Å². The molecule has 0 atom stereocenters. The van der Waals surface area contributed by atoms with Gasteiger partial charge >= 0.3 is 5.97 Å². The van der Waals surface area contributed by atoms with Gasteiger partial charge in [0.1, 0.15) is 5.82 Å². The summed E-state index contributed by atoms with van der Waals surface area (Å²) in [5.41, 5.74) is 4.64. The van der Waals surface area contributed by atoms with E-state index in [1.807, 2.05) is 0 Å². The number of anilines is 1. The molecule has 0 bridgehead atoms. The summed E-state index contributed by atoms with van der Waals surface area (Å²) in [6.45, 7) is 1.68. The van der Waals surface area contributed by atoms with Gasteiger partial charge in [0.2, 0.25) is 0 Å². The quantitative estimate of drug-likeness (QED) is 0.870. The lowest BCUT2D eigenvalue weighted by Gasteiger charge is -2.10. The number of rotatable bonds is 3. The van der Waals surface area contributed by atoms with Crippen LogP contribution in [0.5, 0.6) is 0 Å². The molecule has 0 aromatic carbocycles. The summed E-state index contributed by atoms with van der Waals surface area (Å²) in [4.78, 5) is 15.0. The number of aromatic nitrogens is 1. The highest BCUT2D eigenvalue weighted by Crippen LogP contribution is 2.31. The van der Waals surface area contributed by atoms with Gasteiger partial charge in [-0.3, -0.25) is 0 Å². The molecule has 0 aliphatic carbocycles. The summed E-state index contributed by atoms with van der Waals surface area (Å²) in [6, 6.07) is 0. The fourth-order valence-electron chi connectivity index (χ4n) is 1.09. The predicted molar refractivity (Wildman–Crippen MR) is 57.3 cm³/mol. The number of carbonyl (C=O) groups excluding carboxylic acids is 1. The molecule has 1 rings (SSSR count). The summed E-state index contributed by atoms with van der Waals surface area (Å²) < 4.78 is 30.0. The first-order valence-corrected chi connectivity index (χ1v) is 5.17. The molecule has 0 saturated heterocycles. The molecule has 1 heterocycles. The molecule has 4 nitrogen and oxygen atoms in total. The number of pyridine rings is 1. The fourth-order valence-corrected chi connectivity index (χ4v) is 1.58. The Morgan fingerprint density at radius 1 is 1.69 bits per heavy atom. The average molecular weight is 295 g/mol. The number of carbonyl (C=O) groups is 1. The van der Waals surface area contributed by atoms with Gasteiger partial charge in [-0.1, -0.05) is 0 Å². The van der Waals surface area contributed by atoms with Crippen LogP contribution in [0.1, 0.15) is 29.3 Å². The van der Waals surface area contributed by atoms with Crippen molar-refractivity contribution in [1.82, 2.24) is 4.98 Å². The lowest BCUT2D eigenvalue weighted by atomic mass is 10.1. The van der Waals surface area contributed by atoms with E-state index in [1.54, 1.807) is 6.92 Å². The van der Waals surface area contributed by atoms with Gasteiger partial charge in [0.15, 0.2) is 0 Å². The molecule has 0 spiro atoms. The van der Waals surface area contributed by atoms with Crippen LogP contribution in [0.4, 0.5) is 14.6 Å². The third-order valence-corrected chi connectivity index (χ3v) is 2.59. The van der Waals surface area contributed by atoms with Crippen molar-refractivity contribution in [2.45, 2.75) is 13.3 Å². The summed E-state index contributed by atoms with van der Waals surface area (Å²) in [7, 11) is 0. The third-order valence-electron chi connectivity index (χ3n) is 1.79. The van der Waals surface area contributed by atoms with Crippen LogP contribution in [0.15, 0.2) is 10.7 Å². The molecule has 0 saturated carbocycles. The van der Waals surface area contributed by atoms with E-state index in [4.69, 9.17) is 5.73 Å². The Balaban J connectivity index is 3.31. The molecule has 88 valence electrons. The van der Waals surface area contributed by atoms with Crippen LogP contribution in [0.2, 0.25) is 0 Å². The molecule has 0 aliphatic heterocycles. The Kier molecular flexibility index (Phi) is 4.17. The number of nitrogens with two attached hydrogens (primary N) is 1. The SMILES string of the molecule is CCOC(=O)c1c(C(F)F)cnc(N)c1Br. The van der Waals surface area contributed by atoms with Crippen LogP contribution in [0, 0.1) is 0 Å². The maximum atomic E-state index is 12.6. The van der Waals surface area contributed by atoms with Gasteiger partial charge < -0.3 is 10.5 Å². The summed E-state index contributed by atoms with van der Waals surface area (Å²) >= 11 is 2.95. The number of hydrogen-bond acceptors (Lipinski definition) is 4. The van der Waals surface area contributed by atoms with Crippen LogP contribution in [-0.4, -0.2) is 17.6 Å². The lowest BCUT2D eigenvalue weighted by Crippen LogP contribution is -2.11. The van der Waals surface area contributed by atoms with Crippen molar-refractivity contribution in [2.24, 2.45) is 0 Å². The third kappa shape index (κ3) is 2.46. The number of nitrogen functional groups attached to an aromatic ring is 1. The van der Waals surface area contributed by atoms with Crippen molar-refractivity contribution in [3.05, 3.63) is 21.8 Å². The zero-order valence-corrected chi connectivity index (χ0v) is 9.92. The van der Waals surface area contributed by atoms with Gasteiger partial charge in [0, 0.05) is 6.20 Å². The Labute approximate surface area is 98.9 Å². The minimum Gasteiger partial charge on any atom is -0.462 e. The Hall–Kier alpha value is -1.24. The van der Waals surface area contributed by atoms with E-state index in [0.29, 0.717) is 0 Å². The van der Waals surface area contributed by atoms with E-state index in [2.05, 4.69) is 25.7 Å². The summed E-state index contributed by atoms with van der Waals surface area (Å²) in [5.74, 6) is -0.883. The summed E-state index contributed by atoms with van der Waals surface area (Å²) in [6.07, 6.45) is -1.94.